The van der Waals surface area contributed by atoms with Crippen molar-refractivity contribution in [2.75, 3.05) is 32.8 Å². The Balaban J connectivity index is 1.32. The van der Waals surface area contributed by atoms with Crippen molar-refractivity contribution in [3.05, 3.63) is 48.0 Å². The molecule has 4 heteroatoms. The molecule has 0 bridgehead atoms. The second-order valence-corrected chi connectivity index (χ2v) is 6.86. The molecule has 2 heterocycles. The van der Waals surface area contributed by atoms with Crippen molar-refractivity contribution in [2.45, 2.75) is 31.2 Å². The summed E-state index contributed by atoms with van der Waals surface area (Å²) in [4.78, 5) is 2.40. The molecule has 0 radical (unpaired) electrons. The maximum absolute atomic E-state index is 10.5. The number of ether oxygens (including phenoxy) is 2. The third kappa shape index (κ3) is 3.33. The molecule has 2 aliphatic heterocycles. The van der Waals surface area contributed by atoms with Crippen LogP contribution in [0.1, 0.15) is 30.9 Å². The summed E-state index contributed by atoms with van der Waals surface area (Å²) in [5.41, 5.74) is 1.00. The number of aliphatic hydroxyl groups excluding tert-OH is 1. The molecule has 1 unspecified atom stereocenters. The summed E-state index contributed by atoms with van der Waals surface area (Å²) in [5.74, 6) is -0.312. The normalized spacial score (nSPS) is 22.2. The number of rotatable bonds is 4. The fourth-order valence-electron chi connectivity index (χ4n) is 3.79. The second kappa shape index (κ2) is 6.81. The highest BCUT2D eigenvalue weighted by Crippen LogP contribution is 2.31. The Bertz CT molecular complexity index is 686. The van der Waals surface area contributed by atoms with E-state index < -0.39 is 6.10 Å². The molecule has 0 aromatic heterocycles. The van der Waals surface area contributed by atoms with Gasteiger partial charge in [0.15, 0.2) is 5.79 Å². The zero-order valence-electron chi connectivity index (χ0n) is 14.0. The molecule has 1 atom stereocenters. The van der Waals surface area contributed by atoms with E-state index in [9.17, 15) is 5.11 Å². The van der Waals surface area contributed by atoms with Gasteiger partial charge in [0.25, 0.3) is 0 Å². The number of fused-ring (bicyclic) bond motifs is 1. The van der Waals surface area contributed by atoms with Gasteiger partial charge in [0.1, 0.15) is 0 Å². The van der Waals surface area contributed by atoms with E-state index in [-0.39, 0.29) is 5.79 Å². The van der Waals surface area contributed by atoms with Crippen LogP contribution in [-0.4, -0.2) is 48.6 Å². The summed E-state index contributed by atoms with van der Waals surface area (Å²) in [6.45, 7) is 4.31. The van der Waals surface area contributed by atoms with E-state index in [1.54, 1.807) is 0 Å². The first-order chi connectivity index (χ1) is 11.7. The summed E-state index contributed by atoms with van der Waals surface area (Å²) in [6.07, 6.45) is 2.20. The SMILES string of the molecule is OC(CCN1CCC2(CC1)OCCO2)c1ccc2ccccc2c1. The van der Waals surface area contributed by atoms with Crippen molar-refractivity contribution >= 4 is 10.8 Å². The number of piperidine rings is 1. The third-order valence-corrected chi connectivity index (χ3v) is 5.31. The molecule has 24 heavy (non-hydrogen) atoms. The predicted octanol–water partition coefficient (Wildman–Crippen LogP) is 3.10. The van der Waals surface area contributed by atoms with Crippen molar-refractivity contribution in [3.63, 3.8) is 0 Å². The van der Waals surface area contributed by atoms with Gasteiger partial charge in [-0.1, -0.05) is 36.4 Å². The summed E-state index contributed by atoms with van der Waals surface area (Å²) < 4.78 is 11.5. The molecule has 2 saturated heterocycles. The standard InChI is InChI=1S/C20H25NO3/c22-19(18-6-5-16-3-1-2-4-17(16)15-18)7-10-21-11-8-20(9-12-21)23-13-14-24-20/h1-6,15,19,22H,7-14H2. The molecule has 4 nitrogen and oxygen atoms in total. The first-order valence-electron chi connectivity index (χ1n) is 8.91. The number of aliphatic hydroxyl groups is 1. The lowest BCUT2D eigenvalue weighted by atomic mass is 10.00. The minimum atomic E-state index is -0.413. The fraction of sp³-hybridized carbons (Fsp3) is 0.500. The number of likely N-dealkylation sites (tertiary alicyclic amines) is 1. The van der Waals surface area contributed by atoms with Gasteiger partial charge in [-0.3, -0.25) is 0 Å². The molecule has 128 valence electrons. The van der Waals surface area contributed by atoms with Gasteiger partial charge in [0.05, 0.1) is 19.3 Å². The molecule has 2 aliphatic rings. The predicted molar refractivity (Wildman–Crippen MR) is 93.8 cm³/mol. The highest BCUT2D eigenvalue weighted by Gasteiger charge is 2.39. The van der Waals surface area contributed by atoms with Gasteiger partial charge in [0, 0.05) is 32.5 Å². The van der Waals surface area contributed by atoms with Gasteiger partial charge in [-0.25, -0.2) is 0 Å². The Morgan fingerprint density at radius 1 is 1.00 bits per heavy atom. The van der Waals surface area contributed by atoms with Crippen LogP contribution in [0.4, 0.5) is 0 Å². The van der Waals surface area contributed by atoms with Crippen LogP contribution in [0.15, 0.2) is 42.5 Å². The average molecular weight is 327 g/mol. The molecular formula is C20H25NO3. The maximum Gasteiger partial charge on any atom is 0.170 e. The van der Waals surface area contributed by atoms with E-state index in [0.717, 1.165) is 57.7 Å². The van der Waals surface area contributed by atoms with Crippen LogP contribution in [0.3, 0.4) is 0 Å². The van der Waals surface area contributed by atoms with Gasteiger partial charge in [-0.05, 0) is 28.8 Å². The second-order valence-electron chi connectivity index (χ2n) is 6.86. The molecular weight excluding hydrogens is 302 g/mol. The minimum Gasteiger partial charge on any atom is -0.388 e. The van der Waals surface area contributed by atoms with Gasteiger partial charge >= 0.3 is 0 Å². The third-order valence-electron chi connectivity index (χ3n) is 5.31. The quantitative estimate of drug-likeness (QED) is 0.937. The van der Waals surface area contributed by atoms with Crippen molar-refractivity contribution < 1.29 is 14.6 Å². The number of hydrogen-bond acceptors (Lipinski definition) is 4. The van der Waals surface area contributed by atoms with Crippen LogP contribution in [0.2, 0.25) is 0 Å². The first kappa shape index (κ1) is 16.0. The zero-order chi connectivity index (χ0) is 16.4. The number of nitrogens with zero attached hydrogens (tertiary/aromatic N) is 1. The van der Waals surface area contributed by atoms with E-state index in [1.807, 2.05) is 18.2 Å². The fourth-order valence-corrected chi connectivity index (χ4v) is 3.79. The van der Waals surface area contributed by atoms with Gasteiger partial charge in [-0.2, -0.15) is 0 Å². The molecule has 2 aromatic rings. The molecule has 0 aliphatic carbocycles. The topological polar surface area (TPSA) is 41.9 Å². The van der Waals surface area contributed by atoms with Crippen molar-refractivity contribution in [1.82, 2.24) is 4.90 Å². The Kier molecular flexibility index (Phi) is 4.55. The highest BCUT2D eigenvalue weighted by atomic mass is 16.7. The number of benzene rings is 2. The molecule has 1 N–H and O–H groups in total. The smallest absolute Gasteiger partial charge is 0.170 e. The van der Waals surface area contributed by atoms with Crippen molar-refractivity contribution in [3.8, 4) is 0 Å². The average Bonchev–Trinajstić information content (AvgIpc) is 3.09. The Morgan fingerprint density at radius 3 is 2.46 bits per heavy atom. The Hall–Kier alpha value is -1.46. The molecule has 2 aromatic carbocycles. The van der Waals surface area contributed by atoms with Crippen molar-refractivity contribution in [2.24, 2.45) is 0 Å². The Morgan fingerprint density at radius 2 is 1.71 bits per heavy atom. The van der Waals surface area contributed by atoms with Crippen LogP contribution in [-0.2, 0) is 9.47 Å². The summed E-state index contributed by atoms with van der Waals surface area (Å²) in [5, 5.41) is 12.9. The van der Waals surface area contributed by atoms with Gasteiger partial charge in [0.2, 0.25) is 0 Å². The summed E-state index contributed by atoms with van der Waals surface area (Å²) in [6, 6.07) is 14.5. The molecule has 0 amide bonds. The lowest BCUT2D eigenvalue weighted by molar-refractivity contribution is -0.185. The van der Waals surface area contributed by atoms with Crippen LogP contribution in [0, 0.1) is 0 Å². The minimum absolute atomic E-state index is 0.312. The Labute approximate surface area is 143 Å². The van der Waals surface area contributed by atoms with E-state index in [2.05, 4.69) is 29.2 Å². The van der Waals surface area contributed by atoms with Crippen molar-refractivity contribution in [1.29, 1.82) is 0 Å². The highest BCUT2D eigenvalue weighted by molar-refractivity contribution is 5.83. The van der Waals surface area contributed by atoms with E-state index in [4.69, 9.17) is 9.47 Å². The lowest BCUT2D eigenvalue weighted by Gasteiger charge is -2.37. The number of hydrogen-bond donors (Lipinski definition) is 1. The van der Waals surface area contributed by atoms with Crippen LogP contribution in [0.5, 0.6) is 0 Å². The summed E-state index contributed by atoms with van der Waals surface area (Å²) in [7, 11) is 0. The first-order valence-corrected chi connectivity index (χ1v) is 8.91. The summed E-state index contributed by atoms with van der Waals surface area (Å²) >= 11 is 0. The molecule has 4 rings (SSSR count). The molecule has 1 spiro atoms. The van der Waals surface area contributed by atoms with E-state index in [0.29, 0.717) is 0 Å². The monoisotopic (exact) mass is 327 g/mol. The molecule has 0 saturated carbocycles. The van der Waals surface area contributed by atoms with E-state index >= 15 is 0 Å². The largest absolute Gasteiger partial charge is 0.388 e. The molecule has 2 fully saturated rings. The lowest BCUT2D eigenvalue weighted by Crippen LogP contribution is -2.45. The zero-order valence-corrected chi connectivity index (χ0v) is 14.0. The van der Waals surface area contributed by atoms with Crippen LogP contribution >= 0.6 is 0 Å². The van der Waals surface area contributed by atoms with Gasteiger partial charge < -0.3 is 19.5 Å². The maximum atomic E-state index is 10.5. The van der Waals surface area contributed by atoms with Gasteiger partial charge in [-0.15, -0.1) is 0 Å². The van der Waals surface area contributed by atoms with E-state index in [1.165, 1.54) is 10.8 Å². The van der Waals surface area contributed by atoms with Crippen LogP contribution < -0.4 is 0 Å². The van der Waals surface area contributed by atoms with Crippen LogP contribution in [0.25, 0.3) is 10.8 Å².